The molecular weight excluding hydrogens is 286 g/mol. The first-order valence-electron chi connectivity index (χ1n) is 6.42. The predicted octanol–water partition coefficient (Wildman–Crippen LogP) is 2.88. The number of aromatic hydroxyl groups is 1. The third-order valence-corrected chi connectivity index (χ3v) is 3.46. The quantitative estimate of drug-likeness (QED) is 0.561. The van der Waals surface area contributed by atoms with E-state index in [1.165, 1.54) is 0 Å². The Bertz CT molecular complexity index is 934. The van der Waals surface area contributed by atoms with Crippen LogP contribution in [0.2, 0.25) is 0 Å². The minimum atomic E-state index is -0.411. The molecule has 106 valence electrons. The summed E-state index contributed by atoms with van der Waals surface area (Å²) in [5.74, 6) is -0.223. The monoisotopic (exact) mass is 299 g/mol. The number of allylic oxidation sites excluding steroid dienone is 1. The summed E-state index contributed by atoms with van der Waals surface area (Å²) >= 11 is 4.78. The first-order chi connectivity index (χ1) is 10.1. The Labute approximate surface area is 125 Å². The van der Waals surface area contributed by atoms with Crippen LogP contribution < -0.4 is 5.56 Å². The fraction of sp³-hybridized carbons (Fsp3) is 0.0667. The molecule has 0 amide bonds. The maximum Gasteiger partial charge on any atom is 0.262 e. The van der Waals surface area contributed by atoms with E-state index >= 15 is 0 Å². The first kappa shape index (κ1) is 13.4. The van der Waals surface area contributed by atoms with Crippen LogP contribution in [-0.2, 0) is 6.42 Å². The average Bonchev–Trinajstić information content (AvgIpc) is 2.85. The van der Waals surface area contributed by atoms with Crippen molar-refractivity contribution in [2.24, 2.45) is 0 Å². The van der Waals surface area contributed by atoms with Gasteiger partial charge in [-0.05, 0) is 36.3 Å². The topological polar surface area (TPSA) is 84.7 Å². The van der Waals surface area contributed by atoms with E-state index < -0.39 is 5.56 Å². The summed E-state index contributed by atoms with van der Waals surface area (Å²) in [4.78, 5) is 19.9. The average molecular weight is 299 g/mol. The van der Waals surface area contributed by atoms with Crippen LogP contribution in [0.1, 0.15) is 11.1 Å². The molecule has 0 unspecified atom stereocenters. The van der Waals surface area contributed by atoms with Gasteiger partial charge in [0.15, 0.2) is 4.77 Å². The van der Waals surface area contributed by atoms with Crippen LogP contribution in [0.3, 0.4) is 0 Å². The third kappa shape index (κ3) is 2.66. The lowest BCUT2D eigenvalue weighted by atomic mass is 10.1. The minimum absolute atomic E-state index is 0.103. The number of benzene rings is 1. The van der Waals surface area contributed by atoms with Crippen LogP contribution in [-0.4, -0.2) is 20.1 Å². The van der Waals surface area contributed by atoms with E-state index in [1.54, 1.807) is 6.08 Å². The summed E-state index contributed by atoms with van der Waals surface area (Å²) in [5, 5.41) is 10.8. The third-order valence-electron chi connectivity index (χ3n) is 3.26. The molecule has 6 heteroatoms. The predicted molar refractivity (Wildman–Crippen MR) is 84.9 cm³/mol. The standard InChI is InChI=1S/C15H13N3O2S/c19-13-11(14(20)18-15(21)17-13)6-3-4-9-8-16-12-7-2-1-5-10(9)12/h1-3,5-8,16H,4H2,(H3,17,18,19,20,21)/b6-3+. The van der Waals surface area contributed by atoms with E-state index in [9.17, 15) is 9.90 Å². The van der Waals surface area contributed by atoms with E-state index in [0.29, 0.717) is 6.42 Å². The fourth-order valence-corrected chi connectivity index (χ4v) is 2.43. The van der Waals surface area contributed by atoms with Gasteiger partial charge in [0.25, 0.3) is 5.56 Å². The lowest BCUT2D eigenvalue weighted by Gasteiger charge is -1.98. The summed E-state index contributed by atoms with van der Waals surface area (Å²) in [7, 11) is 0. The van der Waals surface area contributed by atoms with Gasteiger partial charge in [-0.2, -0.15) is 0 Å². The maximum absolute atomic E-state index is 11.7. The molecule has 3 aromatic rings. The molecule has 0 aliphatic rings. The van der Waals surface area contributed by atoms with Gasteiger partial charge in [0, 0.05) is 17.1 Å². The number of nitrogens with one attached hydrogen (secondary N) is 3. The highest BCUT2D eigenvalue weighted by atomic mass is 32.1. The van der Waals surface area contributed by atoms with Crippen molar-refractivity contribution < 1.29 is 5.11 Å². The Morgan fingerprint density at radius 1 is 1.24 bits per heavy atom. The smallest absolute Gasteiger partial charge is 0.262 e. The number of H-pyrrole nitrogens is 3. The Morgan fingerprint density at radius 3 is 2.86 bits per heavy atom. The molecule has 2 aromatic heterocycles. The number of para-hydroxylation sites is 1. The summed E-state index contributed by atoms with van der Waals surface area (Å²) < 4.78 is 0.103. The van der Waals surface area contributed by atoms with Crippen LogP contribution in [0.15, 0.2) is 41.3 Å². The molecule has 0 spiro atoms. The normalized spacial score (nSPS) is 11.4. The van der Waals surface area contributed by atoms with E-state index in [1.807, 2.05) is 36.5 Å². The molecule has 0 fully saturated rings. The molecule has 3 rings (SSSR count). The van der Waals surface area contributed by atoms with Crippen LogP contribution in [0.5, 0.6) is 5.88 Å². The van der Waals surface area contributed by atoms with Crippen LogP contribution in [0.4, 0.5) is 0 Å². The van der Waals surface area contributed by atoms with Gasteiger partial charge in [-0.3, -0.25) is 9.78 Å². The van der Waals surface area contributed by atoms with Crippen LogP contribution in [0, 0.1) is 4.77 Å². The highest BCUT2D eigenvalue weighted by Crippen LogP contribution is 2.19. The second kappa shape index (κ2) is 5.41. The zero-order valence-corrected chi connectivity index (χ0v) is 11.8. The van der Waals surface area contributed by atoms with Gasteiger partial charge in [0.05, 0.1) is 5.56 Å². The van der Waals surface area contributed by atoms with E-state index in [2.05, 4.69) is 15.0 Å². The molecule has 0 radical (unpaired) electrons. The first-order valence-corrected chi connectivity index (χ1v) is 6.83. The van der Waals surface area contributed by atoms with Crippen LogP contribution >= 0.6 is 12.2 Å². The van der Waals surface area contributed by atoms with Crippen LogP contribution in [0.25, 0.3) is 17.0 Å². The number of hydrogen-bond donors (Lipinski definition) is 4. The van der Waals surface area contributed by atoms with E-state index in [0.717, 1.165) is 16.5 Å². The summed E-state index contributed by atoms with van der Waals surface area (Å²) in [5.41, 5.74) is 1.96. The Morgan fingerprint density at radius 2 is 2.05 bits per heavy atom. The molecule has 0 aliphatic carbocycles. The van der Waals surface area contributed by atoms with Gasteiger partial charge in [-0.25, -0.2) is 0 Å². The zero-order valence-electron chi connectivity index (χ0n) is 11.0. The fourth-order valence-electron chi connectivity index (χ4n) is 2.24. The SMILES string of the molecule is O=c1[nH]c(=S)[nH]c(O)c1/C=C/Cc1c[nH]c2ccccc12. The molecule has 0 aliphatic heterocycles. The molecule has 4 N–H and O–H groups in total. The Kier molecular flexibility index (Phi) is 3.45. The number of rotatable bonds is 3. The lowest BCUT2D eigenvalue weighted by molar-refractivity contribution is 0.448. The van der Waals surface area contributed by atoms with Gasteiger partial charge >= 0.3 is 0 Å². The van der Waals surface area contributed by atoms with Crippen molar-refractivity contribution in [3.8, 4) is 5.88 Å². The maximum atomic E-state index is 11.7. The molecule has 0 saturated heterocycles. The zero-order chi connectivity index (χ0) is 14.8. The van der Waals surface area contributed by atoms with Gasteiger partial charge < -0.3 is 15.1 Å². The number of fused-ring (bicyclic) bond motifs is 1. The van der Waals surface area contributed by atoms with Crippen molar-refractivity contribution in [2.45, 2.75) is 6.42 Å². The van der Waals surface area contributed by atoms with Crippen molar-refractivity contribution in [1.29, 1.82) is 0 Å². The number of aromatic nitrogens is 3. The summed E-state index contributed by atoms with van der Waals surface area (Å²) in [6.07, 6.45) is 6.01. The van der Waals surface area contributed by atoms with Crippen molar-refractivity contribution >= 4 is 29.2 Å². The number of aromatic amines is 3. The molecule has 2 heterocycles. The van der Waals surface area contributed by atoms with E-state index in [4.69, 9.17) is 12.2 Å². The van der Waals surface area contributed by atoms with Gasteiger partial charge in [-0.15, -0.1) is 0 Å². The van der Waals surface area contributed by atoms with E-state index in [-0.39, 0.29) is 16.2 Å². The number of hydrogen-bond acceptors (Lipinski definition) is 3. The van der Waals surface area contributed by atoms with Gasteiger partial charge in [0.2, 0.25) is 5.88 Å². The molecule has 1 aromatic carbocycles. The second-order valence-corrected chi connectivity index (χ2v) is 5.04. The Hall–Kier alpha value is -2.60. The molecule has 0 saturated carbocycles. The largest absolute Gasteiger partial charge is 0.494 e. The van der Waals surface area contributed by atoms with Crippen molar-refractivity contribution in [3.05, 3.63) is 62.8 Å². The van der Waals surface area contributed by atoms with Gasteiger partial charge in [-0.1, -0.05) is 24.3 Å². The van der Waals surface area contributed by atoms with Crippen molar-refractivity contribution in [2.75, 3.05) is 0 Å². The highest BCUT2D eigenvalue weighted by molar-refractivity contribution is 7.71. The van der Waals surface area contributed by atoms with Gasteiger partial charge in [0.1, 0.15) is 0 Å². The van der Waals surface area contributed by atoms with Crippen molar-refractivity contribution in [3.63, 3.8) is 0 Å². The molecule has 0 atom stereocenters. The molecular formula is C15H13N3O2S. The summed E-state index contributed by atoms with van der Waals surface area (Å²) in [6, 6.07) is 8.01. The second-order valence-electron chi connectivity index (χ2n) is 4.64. The van der Waals surface area contributed by atoms with Crippen molar-refractivity contribution in [1.82, 2.24) is 15.0 Å². The minimum Gasteiger partial charge on any atom is -0.494 e. The highest BCUT2D eigenvalue weighted by Gasteiger charge is 2.04. The molecule has 21 heavy (non-hydrogen) atoms. The summed E-state index contributed by atoms with van der Waals surface area (Å²) in [6.45, 7) is 0. The lowest BCUT2D eigenvalue weighted by Crippen LogP contribution is -2.10. The molecule has 0 bridgehead atoms. The molecule has 5 nitrogen and oxygen atoms in total. The Balaban J connectivity index is 1.88.